The maximum atomic E-state index is 5.67. The Balaban J connectivity index is 0.00000200. The molecule has 0 saturated heterocycles. The Labute approximate surface area is 133 Å². The Morgan fingerprint density at radius 2 is 2.15 bits per heavy atom. The summed E-state index contributed by atoms with van der Waals surface area (Å²) in [7, 11) is 1.72. The molecule has 0 aliphatic carbocycles. The number of hydrogen-bond donors (Lipinski definition) is 1. The van der Waals surface area contributed by atoms with Gasteiger partial charge in [-0.05, 0) is 6.92 Å². The van der Waals surface area contributed by atoms with Crippen LogP contribution in [0.1, 0.15) is 15.4 Å². The third-order valence-corrected chi connectivity index (χ3v) is 4.51. The highest BCUT2D eigenvalue weighted by atomic mass is 35.5. The number of methoxy groups -OCH3 is 1. The van der Waals surface area contributed by atoms with Crippen LogP contribution in [0, 0.1) is 6.92 Å². The Bertz CT molecular complexity index is 517. The van der Waals surface area contributed by atoms with Gasteiger partial charge in [0.2, 0.25) is 0 Å². The number of ether oxygens (including phenoxy) is 1. The Morgan fingerprint density at radius 3 is 2.70 bits per heavy atom. The average molecular weight is 335 g/mol. The number of thiazole rings is 2. The van der Waals surface area contributed by atoms with Crippen LogP contribution in [0.5, 0.6) is 0 Å². The number of rotatable bonds is 7. The van der Waals surface area contributed by atoms with Crippen LogP contribution in [0.15, 0.2) is 11.7 Å². The largest absolute Gasteiger partial charge is 0.383 e. The number of anilines is 1. The summed E-state index contributed by atoms with van der Waals surface area (Å²) in [6.45, 7) is 5.37. The van der Waals surface area contributed by atoms with E-state index in [4.69, 9.17) is 10.5 Å². The zero-order valence-electron chi connectivity index (χ0n) is 11.5. The fourth-order valence-electron chi connectivity index (χ4n) is 1.73. The number of hydrogen-bond acceptors (Lipinski definition) is 7. The molecule has 8 heteroatoms. The van der Waals surface area contributed by atoms with Gasteiger partial charge in [0.1, 0.15) is 0 Å². The molecule has 20 heavy (non-hydrogen) atoms. The number of nitrogens with two attached hydrogens (primary N) is 1. The van der Waals surface area contributed by atoms with Crippen molar-refractivity contribution in [1.82, 2.24) is 14.9 Å². The molecule has 0 aromatic carbocycles. The van der Waals surface area contributed by atoms with Crippen molar-refractivity contribution in [1.29, 1.82) is 0 Å². The first-order valence-electron chi connectivity index (χ1n) is 5.99. The molecule has 0 amide bonds. The van der Waals surface area contributed by atoms with Gasteiger partial charge >= 0.3 is 0 Å². The minimum Gasteiger partial charge on any atom is -0.383 e. The van der Waals surface area contributed by atoms with Gasteiger partial charge in [-0.25, -0.2) is 9.97 Å². The minimum absolute atomic E-state index is 0. The maximum absolute atomic E-state index is 5.67. The highest BCUT2D eigenvalue weighted by Crippen LogP contribution is 2.20. The summed E-state index contributed by atoms with van der Waals surface area (Å²) >= 11 is 3.23. The summed E-state index contributed by atoms with van der Waals surface area (Å²) in [6.07, 6.45) is 1.85. The fraction of sp³-hybridized carbons (Fsp3) is 0.500. The number of aryl methyl sites for hydroxylation is 1. The molecular weight excluding hydrogens is 316 g/mol. The third-order valence-electron chi connectivity index (χ3n) is 2.77. The van der Waals surface area contributed by atoms with E-state index in [0.717, 1.165) is 25.3 Å². The van der Waals surface area contributed by atoms with Crippen LogP contribution < -0.4 is 5.73 Å². The van der Waals surface area contributed by atoms with Crippen molar-refractivity contribution >= 4 is 40.2 Å². The lowest BCUT2D eigenvalue weighted by Crippen LogP contribution is -2.26. The maximum Gasteiger partial charge on any atom is 0.180 e. The lowest BCUT2D eigenvalue weighted by molar-refractivity contribution is 0.141. The monoisotopic (exact) mass is 334 g/mol. The number of nitrogens with zero attached hydrogens (tertiary/aromatic N) is 3. The molecule has 2 N–H and O–H groups in total. The fourth-order valence-corrected chi connectivity index (χ4v) is 3.28. The Morgan fingerprint density at radius 1 is 1.35 bits per heavy atom. The summed E-state index contributed by atoms with van der Waals surface area (Å²) in [5, 5.41) is 0.621. The van der Waals surface area contributed by atoms with E-state index in [1.807, 2.05) is 18.6 Å². The van der Waals surface area contributed by atoms with Gasteiger partial charge in [-0.3, -0.25) is 4.90 Å². The highest BCUT2D eigenvalue weighted by molar-refractivity contribution is 7.15. The molecular formula is C12H19ClN4OS2. The lowest BCUT2D eigenvalue weighted by atomic mass is 10.3. The number of nitrogen functional groups attached to an aromatic ring is 1. The van der Waals surface area contributed by atoms with Crippen molar-refractivity contribution in [2.24, 2.45) is 0 Å². The molecule has 0 spiro atoms. The molecule has 2 aromatic heterocycles. The van der Waals surface area contributed by atoms with Crippen molar-refractivity contribution in [3.05, 3.63) is 27.2 Å². The van der Waals surface area contributed by atoms with E-state index in [1.165, 1.54) is 21.1 Å². The van der Waals surface area contributed by atoms with Gasteiger partial charge in [-0.1, -0.05) is 0 Å². The Kier molecular flexibility index (Phi) is 7.39. The molecule has 0 aliphatic rings. The second-order valence-corrected chi connectivity index (χ2v) is 6.32. The SMILES string of the molecule is COCCN(Cc1cnc(N)s1)Cc1scnc1C.Cl. The molecule has 0 aliphatic heterocycles. The number of halogens is 1. The lowest BCUT2D eigenvalue weighted by Gasteiger charge is -2.20. The van der Waals surface area contributed by atoms with Gasteiger partial charge in [-0.2, -0.15) is 0 Å². The van der Waals surface area contributed by atoms with Crippen LogP contribution in [0.3, 0.4) is 0 Å². The van der Waals surface area contributed by atoms with Gasteiger partial charge in [0.15, 0.2) is 5.13 Å². The standard InChI is InChI=1S/C12H18N4OS2.ClH/c1-9-11(18-8-15-9)7-16(3-4-17-2)6-10-5-14-12(13)19-10;/h5,8H,3-4,6-7H2,1-2H3,(H2,13,14);1H. The topological polar surface area (TPSA) is 64.3 Å². The van der Waals surface area contributed by atoms with Crippen LogP contribution in [0.2, 0.25) is 0 Å². The molecule has 0 fully saturated rings. The van der Waals surface area contributed by atoms with E-state index in [-0.39, 0.29) is 12.4 Å². The smallest absolute Gasteiger partial charge is 0.180 e. The molecule has 0 bridgehead atoms. The summed E-state index contributed by atoms with van der Waals surface area (Å²) in [5.41, 5.74) is 8.67. The predicted octanol–water partition coefficient (Wildman–Crippen LogP) is 2.56. The molecule has 0 saturated carbocycles. The molecule has 2 aromatic rings. The van der Waals surface area contributed by atoms with E-state index in [9.17, 15) is 0 Å². The van der Waals surface area contributed by atoms with Crippen LogP contribution in [-0.4, -0.2) is 35.1 Å². The van der Waals surface area contributed by atoms with Crippen LogP contribution in [0.4, 0.5) is 5.13 Å². The predicted molar refractivity (Wildman–Crippen MR) is 86.6 cm³/mol. The van der Waals surface area contributed by atoms with Crippen LogP contribution >= 0.6 is 35.1 Å². The van der Waals surface area contributed by atoms with Crippen molar-refractivity contribution in [3.63, 3.8) is 0 Å². The van der Waals surface area contributed by atoms with E-state index in [1.54, 1.807) is 18.4 Å². The van der Waals surface area contributed by atoms with E-state index in [0.29, 0.717) is 11.7 Å². The second-order valence-electron chi connectivity index (χ2n) is 4.23. The summed E-state index contributed by atoms with van der Waals surface area (Å²) in [6, 6.07) is 0. The molecule has 0 radical (unpaired) electrons. The molecule has 2 rings (SSSR count). The molecule has 0 atom stereocenters. The van der Waals surface area contributed by atoms with E-state index < -0.39 is 0 Å². The summed E-state index contributed by atoms with van der Waals surface area (Å²) in [4.78, 5) is 13.2. The molecule has 112 valence electrons. The van der Waals surface area contributed by atoms with Crippen molar-refractivity contribution < 1.29 is 4.74 Å². The molecule has 0 unspecified atom stereocenters. The van der Waals surface area contributed by atoms with Gasteiger partial charge in [0.25, 0.3) is 0 Å². The van der Waals surface area contributed by atoms with Gasteiger partial charge in [0, 0.05) is 42.7 Å². The second kappa shape index (κ2) is 8.53. The average Bonchev–Trinajstić information content (AvgIpc) is 2.96. The Hall–Kier alpha value is -0.730. The van der Waals surface area contributed by atoms with Crippen LogP contribution in [0.25, 0.3) is 0 Å². The van der Waals surface area contributed by atoms with Gasteiger partial charge < -0.3 is 10.5 Å². The molecule has 2 heterocycles. The molecule has 5 nitrogen and oxygen atoms in total. The third kappa shape index (κ3) is 4.99. The summed E-state index contributed by atoms with van der Waals surface area (Å²) in [5.74, 6) is 0. The van der Waals surface area contributed by atoms with Crippen LogP contribution in [-0.2, 0) is 17.8 Å². The normalized spacial score (nSPS) is 10.8. The first-order valence-corrected chi connectivity index (χ1v) is 7.69. The van der Waals surface area contributed by atoms with Gasteiger partial charge in [-0.15, -0.1) is 35.1 Å². The zero-order chi connectivity index (χ0) is 13.7. The van der Waals surface area contributed by atoms with Crippen molar-refractivity contribution in [2.45, 2.75) is 20.0 Å². The summed E-state index contributed by atoms with van der Waals surface area (Å²) < 4.78 is 5.17. The van der Waals surface area contributed by atoms with Crippen molar-refractivity contribution in [3.8, 4) is 0 Å². The first-order chi connectivity index (χ1) is 9.19. The van der Waals surface area contributed by atoms with E-state index >= 15 is 0 Å². The minimum atomic E-state index is 0. The van der Waals surface area contributed by atoms with E-state index in [2.05, 4.69) is 14.9 Å². The van der Waals surface area contributed by atoms with Gasteiger partial charge in [0.05, 0.1) is 17.8 Å². The first kappa shape index (κ1) is 17.3. The zero-order valence-corrected chi connectivity index (χ0v) is 14.0. The quantitative estimate of drug-likeness (QED) is 0.843. The highest BCUT2D eigenvalue weighted by Gasteiger charge is 2.11. The van der Waals surface area contributed by atoms with Crippen molar-refractivity contribution in [2.75, 3.05) is 26.0 Å². The number of aromatic nitrogens is 2.